The summed E-state index contributed by atoms with van der Waals surface area (Å²) in [6.07, 6.45) is 1.88. The summed E-state index contributed by atoms with van der Waals surface area (Å²) in [5.41, 5.74) is 3.07. The lowest BCUT2D eigenvalue weighted by Gasteiger charge is -2.25. The van der Waals surface area contributed by atoms with Gasteiger partial charge in [0.15, 0.2) is 0 Å². The maximum Gasteiger partial charge on any atom is 0.127 e. The predicted molar refractivity (Wildman–Crippen MR) is 134 cm³/mol. The Labute approximate surface area is 185 Å². The smallest absolute Gasteiger partial charge is 0.127 e. The molecular formula is C28H25O2P. The predicted octanol–water partition coefficient (Wildman–Crippen LogP) is 5.77. The van der Waals surface area contributed by atoms with Gasteiger partial charge in [-0.1, -0.05) is 97.6 Å². The number of rotatable bonds is 7. The molecule has 2 nitrogen and oxygen atoms in total. The summed E-state index contributed by atoms with van der Waals surface area (Å²) in [7, 11) is 2.61. The van der Waals surface area contributed by atoms with Gasteiger partial charge in [0, 0.05) is 11.1 Å². The molecule has 0 saturated heterocycles. The van der Waals surface area contributed by atoms with Crippen molar-refractivity contribution in [3.63, 3.8) is 0 Å². The van der Waals surface area contributed by atoms with Gasteiger partial charge in [0.2, 0.25) is 0 Å². The Morgan fingerprint density at radius 3 is 1.65 bits per heavy atom. The van der Waals surface area contributed by atoms with Crippen LogP contribution in [-0.4, -0.2) is 14.2 Å². The van der Waals surface area contributed by atoms with E-state index >= 15 is 0 Å². The van der Waals surface area contributed by atoms with Crippen molar-refractivity contribution < 1.29 is 9.47 Å². The molecule has 0 atom stereocenters. The second kappa shape index (κ2) is 9.64. The van der Waals surface area contributed by atoms with Gasteiger partial charge in [-0.2, -0.15) is 0 Å². The van der Waals surface area contributed by atoms with Crippen molar-refractivity contribution in [1.82, 2.24) is 0 Å². The Bertz CT molecular complexity index is 1130. The van der Waals surface area contributed by atoms with Crippen LogP contribution in [0, 0.1) is 0 Å². The summed E-state index contributed by atoms with van der Waals surface area (Å²) in [5.74, 6) is 1.63. The van der Waals surface area contributed by atoms with E-state index in [-0.39, 0.29) is 0 Å². The molecule has 0 bridgehead atoms. The zero-order chi connectivity index (χ0) is 21.6. The Morgan fingerprint density at radius 2 is 1.13 bits per heavy atom. The van der Waals surface area contributed by atoms with E-state index in [1.165, 1.54) is 15.9 Å². The first-order valence-electron chi connectivity index (χ1n) is 10.2. The Kier molecular flexibility index (Phi) is 6.50. The molecule has 0 spiro atoms. The lowest BCUT2D eigenvalue weighted by Crippen LogP contribution is -2.22. The van der Waals surface area contributed by atoms with Crippen molar-refractivity contribution in [3.8, 4) is 22.6 Å². The maximum absolute atomic E-state index is 5.88. The van der Waals surface area contributed by atoms with Gasteiger partial charge in [-0.25, -0.2) is 0 Å². The fourth-order valence-corrected chi connectivity index (χ4v) is 6.34. The summed E-state index contributed by atoms with van der Waals surface area (Å²) in [5, 5.41) is 3.79. The van der Waals surface area contributed by atoms with Gasteiger partial charge in [-0.3, -0.25) is 0 Å². The van der Waals surface area contributed by atoms with Crippen LogP contribution in [-0.2, 0) is 0 Å². The third kappa shape index (κ3) is 4.13. The molecule has 0 aromatic heterocycles. The summed E-state index contributed by atoms with van der Waals surface area (Å²) >= 11 is 0. The molecule has 0 aliphatic carbocycles. The molecule has 154 valence electrons. The molecule has 4 aromatic carbocycles. The average molecular weight is 424 g/mol. The molecule has 31 heavy (non-hydrogen) atoms. The fraction of sp³-hybridized carbons (Fsp3) is 0.0714. The first-order valence-corrected chi connectivity index (χ1v) is 11.5. The van der Waals surface area contributed by atoms with Crippen LogP contribution < -0.4 is 25.4 Å². The van der Waals surface area contributed by atoms with Crippen molar-refractivity contribution in [1.29, 1.82) is 0 Å². The number of benzene rings is 4. The third-order valence-corrected chi connectivity index (χ3v) is 7.73. The van der Waals surface area contributed by atoms with E-state index in [4.69, 9.17) is 9.47 Å². The highest BCUT2D eigenvalue weighted by molar-refractivity contribution is 7.80. The monoisotopic (exact) mass is 424 g/mol. The van der Waals surface area contributed by atoms with Crippen LogP contribution >= 0.6 is 7.92 Å². The second-order valence-corrected chi connectivity index (χ2v) is 9.17. The van der Waals surface area contributed by atoms with Crippen molar-refractivity contribution in [2.45, 2.75) is 0 Å². The Morgan fingerprint density at radius 1 is 0.613 bits per heavy atom. The quantitative estimate of drug-likeness (QED) is 0.351. The van der Waals surface area contributed by atoms with Crippen LogP contribution in [0.3, 0.4) is 0 Å². The van der Waals surface area contributed by atoms with Crippen molar-refractivity contribution in [2.75, 3.05) is 14.2 Å². The van der Waals surface area contributed by atoms with E-state index < -0.39 is 7.92 Å². The molecule has 0 unspecified atom stereocenters. The van der Waals surface area contributed by atoms with Gasteiger partial charge in [-0.05, 0) is 41.5 Å². The van der Waals surface area contributed by atoms with Gasteiger partial charge < -0.3 is 9.47 Å². The highest BCUT2D eigenvalue weighted by Gasteiger charge is 2.25. The van der Waals surface area contributed by atoms with E-state index in [9.17, 15) is 0 Å². The third-order valence-electron chi connectivity index (χ3n) is 5.24. The number of methoxy groups -OCH3 is 2. The molecule has 0 aliphatic heterocycles. The molecule has 0 saturated carbocycles. The van der Waals surface area contributed by atoms with E-state index in [0.29, 0.717) is 0 Å². The lowest BCUT2D eigenvalue weighted by molar-refractivity contribution is 0.410. The zero-order valence-electron chi connectivity index (χ0n) is 17.8. The molecule has 0 radical (unpaired) electrons. The topological polar surface area (TPSA) is 18.5 Å². The zero-order valence-corrected chi connectivity index (χ0v) is 18.7. The van der Waals surface area contributed by atoms with Gasteiger partial charge in [0.25, 0.3) is 0 Å². The minimum absolute atomic E-state index is 0.805. The SMILES string of the molecule is C=Cc1cccc(OC)c1-c1c(OC)cccc1P(c1ccccc1)c1ccccc1. The van der Waals surface area contributed by atoms with Crippen molar-refractivity contribution >= 4 is 29.9 Å². The van der Waals surface area contributed by atoms with Gasteiger partial charge >= 0.3 is 0 Å². The molecule has 0 N–H and O–H groups in total. The molecule has 3 heteroatoms. The first-order chi connectivity index (χ1) is 15.3. The van der Waals surface area contributed by atoms with E-state index in [2.05, 4.69) is 85.4 Å². The van der Waals surface area contributed by atoms with Crippen LogP contribution in [0.25, 0.3) is 17.2 Å². The van der Waals surface area contributed by atoms with Gasteiger partial charge in [0.05, 0.1) is 14.2 Å². The number of ether oxygens (including phenoxy) is 2. The summed E-state index contributed by atoms with van der Waals surface area (Å²) in [6.45, 7) is 4.05. The number of hydrogen-bond acceptors (Lipinski definition) is 2. The molecule has 4 aromatic rings. The van der Waals surface area contributed by atoms with Gasteiger partial charge in [0.1, 0.15) is 11.5 Å². The van der Waals surface area contributed by atoms with E-state index in [1.54, 1.807) is 14.2 Å². The Balaban J connectivity index is 2.08. The molecule has 0 aliphatic rings. The highest BCUT2D eigenvalue weighted by atomic mass is 31.1. The fourth-order valence-electron chi connectivity index (χ4n) is 3.86. The second-order valence-electron chi connectivity index (χ2n) is 6.99. The van der Waals surface area contributed by atoms with Gasteiger partial charge in [-0.15, -0.1) is 0 Å². The normalized spacial score (nSPS) is 10.7. The van der Waals surface area contributed by atoms with Crippen LogP contribution in [0.1, 0.15) is 5.56 Å². The summed E-state index contributed by atoms with van der Waals surface area (Å²) < 4.78 is 11.7. The Hall–Kier alpha value is -3.35. The van der Waals surface area contributed by atoms with E-state index in [1.807, 2.05) is 24.3 Å². The molecule has 4 rings (SSSR count). The van der Waals surface area contributed by atoms with Crippen LogP contribution in [0.15, 0.2) is 104 Å². The standard InChI is InChI=1S/C28H25O2P/c1-4-21-13-11-18-24(29-2)27(21)28-25(30-3)19-12-20-26(28)31(22-14-7-5-8-15-22)23-16-9-6-10-17-23/h4-20H,1H2,2-3H3. The maximum atomic E-state index is 5.88. The minimum atomic E-state index is -0.817. The lowest BCUT2D eigenvalue weighted by atomic mass is 9.97. The molecule has 0 heterocycles. The number of hydrogen-bond donors (Lipinski definition) is 0. The average Bonchev–Trinajstić information content (AvgIpc) is 2.85. The van der Waals surface area contributed by atoms with Crippen molar-refractivity contribution in [3.05, 3.63) is 109 Å². The molecular weight excluding hydrogens is 399 g/mol. The highest BCUT2D eigenvalue weighted by Crippen LogP contribution is 2.44. The summed E-state index contributed by atoms with van der Waals surface area (Å²) in [4.78, 5) is 0. The van der Waals surface area contributed by atoms with Crippen molar-refractivity contribution in [2.24, 2.45) is 0 Å². The summed E-state index contributed by atoms with van der Waals surface area (Å²) in [6, 6.07) is 33.7. The first kappa shape index (κ1) is 20.9. The van der Waals surface area contributed by atoms with Crippen LogP contribution in [0.5, 0.6) is 11.5 Å². The van der Waals surface area contributed by atoms with Crippen LogP contribution in [0.4, 0.5) is 0 Å². The molecule has 0 amide bonds. The minimum Gasteiger partial charge on any atom is -0.496 e. The largest absolute Gasteiger partial charge is 0.496 e. The van der Waals surface area contributed by atoms with E-state index in [0.717, 1.165) is 28.2 Å². The molecule has 0 fully saturated rings. The van der Waals surface area contributed by atoms with Crippen LogP contribution in [0.2, 0.25) is 0 Å².